The summed E-state index contributed by atoms with van der Waals surface area (Å²) in [5.41, 5.74) is 0.964. The molecule has 0 bridgehead atoms. The molecule has 21 heavy (non-hydrogen) atoms. The average Bonchev–Trinajstić information content (AvgIpc) is 2.95. The number of benzene rings is 1. The summed E-state index contributed by atoms with van der Waals surface area (Å²) in [7, 11) is 0. The molecule has 110 valence electrons. The van der Waals surface area contributed by atoms with Crippen LogP contribution in [0.2, 0.25) is 0 Å². The first-order valence-electron chi connectivity index (χ1n) is 6.94. The van der Waals surface area contributed by atoms with Crippen LogP contribution in [0, 0.1) is 18.6 Å². The molecule has 1 aliphatic rings. The predicted octanol–water partition coefficient (Wildman–Crippen LogP) is 3.41. The van der Waals surface area contributed by atoms with Gasteiger partial charge in [-0.05, 0) is 31.9 Å². The third kappa shape index (κ3) is 3.09. The molecule has 4 nitrogen and oxygen atoms in total. The van der Waals surface area contributed by atoms with Crippen molar-refractivity contribution in [3.63, 3.8) is 0 Å². The highest BCUT2D eigenvalue weighted by Crippen LogP contribution is 2.23. The normalized spacial score (nSPS) is 14.5. The minimum atomic E-state index is -0.664. The van der Waals surface area contributed by atoms with Crippen LogP contribution >= 0.6 is 0 Å². The SMILES string of the molecule is Cc1cc(N2CCCC2)nc(Nc2ccc(F)cc2F)n1. The van der Waals surface area contributed by atoms with Gasteiger partial charge in [-0.1, -0.05) is 0 Å². The molecule has 1 saturated heterocycles. The Balaban J connectivity index is 1.87. The second kappa shape index (κ2) is 5.63. The molecule has 2 heterocycles. The molecule has 1 N–H and O–H groups in total. The van der Waals surface area contributed by atoms with Crippen LogP contribution in [0.5, 0.6) is 0 Å². The highest BCUT2D eigenvalue weighted by Gasteiger charge is 2.15. The van der Waals surface area contributed by atoms with E-state index in [0.717, 1.165) is 43.5 Å². The summed E-state index contributed by atoms with van der Waals surface area (Å²) >= 11 is 0. The lowest BCUT2D eigenvalue weighted by molar-refractivity contribution is 0.586. The summed E-state index contributed by atoms with van der Waals surface area (Å²) in [4.78, 5) is 10.9. The Hall–Kier alpha value is -2.24. The van der Waals surface area contributed by atoms with E-state index in [4.69, 9.17) is 0 Å². The van der Waals surface area contributed by atoms with E-state index >= 15 is 0 Å². The lowest BCUT2D eigenvalue weighted by atomic mass is 10.3. The first-order chi connectivity index (χ1) is 10.1. The Morgan fingerprint density at radius 3 is 2.57 bits per heavy atom. The van der Waals surface area contributed by atoms with Crippen LogP contribution in [0.15, 0.2) is 24.3 Å². The maximum atomic E-state index is 13.7. The molecule has 0 spiro atoms. The maximum Gasteiger partial charge on any atom is 0.229 e. The van der Waals surface area contributed by atoms with Gasteiger partial charge in [-0.15, -0.1) is 0 Å². The summed E-state index contributed by atoms with van der Waals surface area (Å²) in [6, 6.07) is 5.28. The minimum absolute atomic E-state index is 0.161. The Morgan fingerprint density at radius 1 is 1.10 bits per heavy atom. The highest BCUT2D eigenvalue weighted by atomic mass is 19.1. The number of nitrogens with one attached hydrogen (secondary N) is 1. The number of halogens is 2. The standard InChI is InChI=1S/C15H16F2N4/c1-10-8-14(21-6-2-3-7-21)20-15(18-10)19-13-5-4-11(16)9-12(13)17/h4-5,8-9H,2-3,6-7H2,1H3,(H,18,19,20). The highest BCUT2D eigenvalue weighted by molar-refractivity contribution is 5.56. The van der Waals surface area contributed by atoms with E-state index in [-0.39, 0.29) is 5.69 Å². The molecule has 0 amide bonds. The molecule has 0 radical (unpaired) electrons. The van der Waals surface area contributed by atoms with Gasteiger partial charge in [0.15, 0.2) is 0 Å². The molecule has 0 aliphatic carbocycles. The molecule has 1 aromatic heterocycles. The van der Waals surface area contributed by atoms with Gasteiger partial charge in [-0.2, -0.15) is 4.98 Å². The maximum absolute atomic E-state index is 13.7. The number of nitrogens with zero attached hydrogens (tertiary/aromatic N) is 3. The fourth-order valence-corrected chi connectivity index (χ4v) is 2.43. The zero-order valence-corrected chi connectivity index (χ0v) is 11.7. The topological polar surface area (TPSA) is 41.1 Å². The van der Waals surface area contributed by atoms with Crippen molar-refractivity contribution >= 4 is 17.5 Å². The smallest absolute Gasteiger partial charge is 0.229 e. The van der Waals surface area contributed by atoms with Gasteiger partial charge in [0, 0.05) is 30.9 Å². The molecular weight excluding hydrogens is 274 g/mol. The largest absolute Gasteiger partial charge is 0.356 e. The number of anilines is 3. The Morgan fingerprint density at radius 2 is 1.86 bits per heavy atom. The van der Waals surface area contributed by atoms with Gasteiger partial charge < -0.3 is 10.2 Å². The van der Waals surface area contributed by atoms with Crippen LogP contribution in [0.1, 0.15) is 18.5 Å². The van der Waals surface area contributed by atoms with Crippen LogP contribution in [-0.4, -0.2) is 23.1 Å². The van der Waals surface area contributed by atoms with Crippen molar-refractivity contribution in [2.75, 3.05) is 23.3 Å². The number of rotatable bonds is 3. The van der Waals surface area contributed by atoms with Crippen LogP contribution in [0.4, 0.5) is 26.2 Å². The van der Waals surface area contributed by atoms with Gasteiger partial charge in [0.1, 0.15) is 17.5 Å². The summed E-state index contributed by atoms with van der Waals surface area (Å²) < 4.78 is 26.6. The zero-order chi connectivity index (χ0) is 14.8. The van der Waals surface area contributed by atoms with Crippen LogP contribution in [0.3, 0.4) is 0 Å². The summed E-state index contributed by atoms with van der Waals surface area (Å²) in [5, 5.41) is 2.81. The quantitative estimate of drug-likeness (QED) is 0.940. The van der Waals surface area contributed by atoms with Crippen molar-refractivity contribution in [1.29, 1.82) is 0 Å². The van der Waals surface area contributed by atoms with Crippen LogP contribution < -0.4 is 10.2 Å². The summed E-state index contributed by atoms with van der Waals surface area (Å²) in [6.07, 6.45) is 2.30. The van der Waals surface area contributed by atoms with E-state index in [0.29, 0.717) is 5.95 Å². The fourth-order valence-electron chi connectivity index (χ4n) is 2.43. The third-order valence-corrected chi connectivity index (χ3v) is 3.45. The zero-order valence-electron chi connectivity index (χ0n) is 11.7. The average molecular weight is 290 g/mol. The second-order valence-electron chi connectivity index (χ2n) is 5.13. The van der Waals surface area contributed by atoms with Crippen LogP contribution in [0.25, 0.3) is 0 Å². The Bertz CT molecular complexity index is 654. The molecule has 1 fully saturated rings. The molecule has 0 unspecified atom stereocenters. The van der Waals surface area contributed by atoms with Gasteiger partial charge in [0.25, 0.3) is 0 Å². The van der Waals surface area contributed by atoms with Gasteiger partial charge >= 0.3 is 0 Å². The van der Waals surface area contributed by atoms with Crippen molar-refractivity contribution in [2.24, 2.45) is 0 Å². The summed E-state index contributed by atoms with van der Waals surface area (Å²) in [5.74, 6) is -0.115. The lowest BCUT2D eigenvalue weighted by Crippen LogP contribution is -2.19. The van der Waals surface area contributed by atoms with E-state index < -0.39 is 11.6 Å². The summed E-state index contributed by atoms with van der Waals surface area (Å²) in [6.45, 7) is 3.81. The fraction of sp³-hybridized carbons (Fsp3) is 0.333. The molecule has 2 aromatic rings. The van der Waals surface area contributed by atoms with Crippen molar-refractivity contribution in [3.05, 3.63) is 41.6 Å². The molecule has 6 heteroatoms. The number of aromatic nitrogens is 2. The number of hydrogen-bond acceptors (Lipinski definition) is 4. The first kappa shape index (κ1) is 13.7. The van der Waals surface area contributed by atoms with Crippen LogP contribution in [-0.2, 0) is 0 Å². The van der Waals surface area contributed by atoms with Gasteiger partial charge in [-0.3, -0.25) is 0 Å². The number of hydrogen-bond donors (Lipinski definition) is 1. The van der Waals surface area contributed by atoms with Gasteiger partial charge in [-0.25, -0.2) is 13.8 Å². The first-order valence-corrected chi connectivity index (χ1v) is 6.94. The van der Waals surface area contributed by atoms with Crippen molar-refractivity contribution in [3.8, 4) is 0 Å². The molecule has 1 aromatic carbocycles. The van der Waals surface area contributed by atoms with Crippen molar-refractivity contribution in [1.82, 2.24) is 9.97 Å². The lowest BCUT2D eigenvalue weighted by Gasteiger charge is -2.17. The molecular formula is C15H16F2N4. The van der Waals surface area contributed by atoms with E-state index in [1.54, 1.807) is 0 Å². The molecule has 0 atom stereocenters. The minimum Gasteiger partial charge on any atom is -0.356 e. The van der Waals surface area contributed by atoms with Crippen molar-refractivity contribution in [2.45, 2.75) is 19.8 Å². The van der Waals surface area contributed by atoms with E-state index in [9.17, 15) is 8.78 Å². The Labute approximate surface area is 121 Å². The number of aryl methyl sites for hydroxylation is 1. The van der Waals surface area contributed by atoms with Crippen molar-refractivity contribution < 1.29 is 8.78 Å². The Kier molecular flexibility index (Phi) is 3.68. The molecule has 0 saturated carbocycles. The molecule has 3 rings (SSSR count). The second-order valence-corrected chi connectivity index (χ2v) is 5.13. The molecule has 1 aliphatic heterocycles. The monoisotopic (exact) mass is 290 g/mol. The van der Waals surface area contributed by atoms with E-state index in [2.05, 4.69) is 20.2 Å². The van der Waals surface area contributed by atoms with Gasteiger partial charge in [0.2, 0.25) is 5.95 Å². The van der Waals surface area contributed by atoms with E-state index in [1.807, 2.05) is 13.0 Å². The predicted molar refractivity (Wildman–Crippen MR) is 77.9 cm³/mol. The van der Waals surface area contributed by atoms with Gasteiger partial charge in [0.05, 0.1) is 5.69 Å². The van der Waals surface area contributed by atoms with E-state index in [1.165, 1.54) is 12.1 Å². The third-order valence-electron chi connectivity index (χ3n) is 3.45.